The van der Waals surface area contributed by atoms with Crippen molar-refractivity contribution in [3.8, 4) is 5.75 Å². The van der Waals surface area contributed by atoms with Crippen LogP contribution in [-0.2, 0) is 11.3 Å². The smallest absolute Gasteiger partial charge is 0.251 e. The van der Waals surface area contributed by atoms with Crippen LogP contribution in [0.2, 0.25) is 0 Å². The van der Waals surface area contributed by atoms with Crippen molar-refractivity contribution in [3.05, 3.63) is 90.0 Å². The Hall–Kier alpha value is -3.14. The third-order valence-corrected chi connectivity index (χ3v) is 4.02. The highest BCUT2D eigenvalue weighted by Crippen LogP contribution is 2.13. The molecular formula is C23H25NO3. The van der Waals surface area contributed by atoms with Gasteiger partial charge in [0.2, 0.25) is 0 Å². The average Bonchev–Trinajstić information content (AvgIpc) is 2.71. The van der Waals surface area contributed by atoms with Crippen LogP contribution in [-0.4, -0.2) is 18.3 Å². The van der Waals surface area contributed by atoms with Crippen molar-refractivity contribution in [2.45, 2.75) is 26.3 Å². The number of hydrogen-bond donors (Lipinski definition) is 1. The maximum absolute atomic E-state index is 12.2. The third-order valence-electron chi connectivity index (χ3n) is 4.02. The Morgan fingerprint density at radius 3 is 2.44 bits per heavy atom. The van der Waals surface area contributed by atoms with Gasteiger partial charge in [-0.1, -0.05) is 54.6 Å². The summed E-state index contributed by atoms with van der Waals surface area (Å²) < 4.78 is 5.49. The molecule has 0 fully saturated rings. The molecular weight excluding hydrogens is 338 g/mol. The number of nitrogens with one attached hydrogen (secondary N) is 1. The van der Waals surface area contributed by atoms with Gasteiger partial charge in [-0.15, -0.1) is 0 Å². The molecule has 0 unspecified atom stereocenters. The van der Waals surface area contributed by atoms with Gasteiger partial charge in [-0.3, -0.25) is 9.59 Å². The molecule has 0 radical (unpaired) electrons. The van der Waals surface area contributed by atoms with Crippen LogP contribution in [0, 0.1) is 0 Å². The van der Waals surface area contributed by atoms with Crippen molar-refractivity contribution in [1.82, 2.24) is 5.32 Å². The standard InChI is InChI=1S/C23H25NO3/c1-3-18(2)8-7-11-21(25)17-27-22-14-12-20(13-15-22)23(26)24-16-19-9-5-4-6-10-19/h3-6,8-10,12-15H,1,7,11,16-17H2,2H3,(H,24,26)/b18-8-. The predicted molar refractivity (Wildman–Crippen MR) is 108 cm³/mol. The normalized spacial score (nSPS) is 10.9. The largest absolute Gasteiger partial charge is 0.486 e. The monoisotopic (exact) mass is 363 g/mol. The molecule has 4 heteroatoms. The van der Waals surface area contributed by atoms with Crippen LogP contribution in [0.5, 0.6) is 5.75 Å². The lowest BCUT2D eigenvalue weighted by Crippen LogP contribution is -2.22. The van der Waals surface area contributed by atoms with Gasteiger partial charge in [0, 0.05) is 18.5 Å². The lowest BCUT2D eigenvalue weighted by Gasteiger charge is -2.08. The summed E-state index contributed by atoms with van der Waals surface area (Å²) in [6.45, 7) is 6.13. The molecule has 0 aliphatic carbocycles. The SMILES string of the molecule is C=C/C(C)=C\CCC(=O)COc1ccc(C(=O)NCc2ccccc2)cc1. The second-order valence-corrected chi connectivity index (χ2v) is 6.21. The predicted octanol–water partition coefficient (Wildman–Crippen LogP) is 4.48. The summed E-state index contributed by atoms with van der Waals surface area (Å²) in [5.74, 6) is 0.458. The first-order valence-corrected chi connectivity index (χ1v) is 8.94. The molecule has 0 aliphatic rings. The number of allylic oxidation sites excluding steroid dienone is 3. The molecule has 0 spiro atoms. The topological polar surface area (TPSA) is 55.4 Å². The molecule has 0 saturated carbocycles. The fourth-order valence-electron chi connectivity index (χ4n) is 2.36. The van der Waals surface area contributed by atoms with Gasteiger partial charge in [0.15, 0.2) is 5.78 Å². The van der Waals surface area contributed by atoms with Crippen LogP contribution in [0.15, 0.2) is 78.9 Å². The molecule has 2 aromatic carbocycles. The summed E-state index contributed by atoms with van der Waals surface area (Å²) in [4.78, 5) is 24.0. The van der Waals surface area contributed by atoms with Crippen molar-refractivity contribution in [2.75, 3.05) is 6.61 Å². The molecule has 27 heavy (non-hydrogen) atoms. The fraction of sp³-hybridized carbons (Fsp3) is 0.217. The average molecular weight is 363 g/mol. The zero-order chi connectivity index (χ0) is 19.5. The molecule has 0 heterocycles. The molecule has 140 valence electrons. The Morgan fingerprint density at radius 1 is 1.07 bits per heavy atom. The van der Waals surface area contributed by atoms with E-state index in [1.165, 1.54) is 0 Å². The highest BCUT2D eigenvalue weighted by molar-refractivity contribution is 5.94. The van der Waals surface area contributed by atoms with Crippen molar-refractivity contribution < 1.29 is 14.3 Å². The zero-order valence-corrected chi connectivity index (χ0v) is 15.6. The van der Waals surface area contributed by atoms with Gasteiger partial charge in [0.1, 0.15) is 12.4 Å². The Bertz CT molecular complexity index is 792. The van der Waals surface area contributed by atoms with E-state index in [2.05, 4.69) is 11.9 Å². The van der Waals surface area contributed by atoms with E-state index in [1.807, 2.05) is 43.3 Å². The third kappa shape index (κ3) is 7.32. The van der Waals surface area contributed by atoms with Gasteiger partial charge in [0.25, 0.3) is 5.91 Å². The summed E-state index contributed by atoms with van der Waals surface area (Å²) in [6.07, 6.45) is 4.86. The molecule has 4 nitrogen and oxygen atoms in total. The van der Waals surface area contributed by atoms with Gasteiger partial charge in [-0.25, -0.2) is 0 Å². The Kier molecular flexibility index (Phi) is 8.04. The van der Waals surface area contributed by atoms with E-state index in [-0.39, 0.29) is 18.3 Å². The lowest BCUT2D eigenvalue weighted by atomic mass is 10.1. The first kappa shape index (κ1) is 20.2. The Balaban J connectivity index is 1.76. The minimum absolute atomic E-state index is 0.0283. The fourth-order valence-corrected chi connectivity index (χ4v) is 2.36. The Labute approximate surface area is 160 Å². The van der Waals surface area contributed by atoms with Gasteiger partial charge >= 0.3 is 0 Å². The van der Waals surface area contributed by atoms with Crippen LogP contribution in [0.25, 0.3) is 0 Å². The zero-order valence-electron chi connectivity index (χ0n) is 15.6. The second-order valence-electron chi connectivity index (χ2n) is 6.21. The van der Waals surface area contributed by atoms with Crippen molar-refractivity contribution in [3.63, 3.8) is 0 Å². The quantitative estimate of drug-likeness (QED) is 0.633. The minimum Gasteiger partial charge on any atom is -0.486 e. The summed E-state index contributed by atoms with van der Waals surface area (Å²) in [6, 6.07) is 16.5. The van der Waals surface area contributed by atoms with Gasteiger partial charge in [0.05, 0.1) is 0 Å². The number of ketones is 1. The van der Waals surface area contributed by atoms with Crippen LogP contribution >= 0.6 is 0 Å². The molecule has 0 bridgehead atoms. The van der Waals surface area contributed by atoms with E-state index >= 15 is 0 Å². The molecule has 0 atom stereocenters. The van der Waals surface area contributed by atoms with Crippen molar-refractivity contribution >= 4 is 11.7 Å². The van der Waals surface area contributed by atoms with Crippen LogP contribution in [0.4, 0.5) is 0 Å². The second kappa shape index (κ2) is 10.8. The minimum atomic E-state index is -0.147. The number of carbonyl (C=O) groups is 2. The van der Waals surface area contributed by atoms with E-state index in [0.29, 0.717) is 30.7 Å². The van der Waals surface area contributed by atoms with Gasteiger partial charge in [-0.2, -0.15) is 0 Å². The number of ether oxygens (including phenoxy) is 1. The molecule has 2 rings (SSSR count). The molecule has 0 aliphatic heterocycles. The van der Waals surface area contributed by atoms with Crippen LogP contribution in [0.1, 0.15) is 35.7 Å². The van der Waals surface area contributed by atoms with E-state index in [1.54, 1.807) is 30.3 Å². The van der Waals surface area contributed by atoms with Crippen molar-refractivity contribution in [2.24, 2.45) is 0 Å². The molecule has 1 amide bonds. The summed E-state index contributed by atoms with van der Waals surface area (Å²) >= 11 is 0. The first-order valence-electron chi connectivity index (χ1n) is 8.94. The number of hydrogen-bond acceptors (Lipinski definition) is 3. The Morgan fingerprint density at radius 2 is 1.78 bits per heavy atom. The number of benzene rings is 2. The molecule has 2 aromatic rings. The van der Waals surface area contributed by atoms with E-state index in [0.717, 1.165) is 11.1 Å². The summed E-state index contributed by atoms with van der Waals surface area (Å²) in [7, 11) is 0. The number of rotatable bonds is 10. The van der Waals surface area contributed by atoms with Crippen LogP contribution in [0.3, 0.4) is 0 Å². The first-order chi connectivity index (χ1) is 13.1. The number of carbonyl (C=O) groups excluding carboxylic acids is 2. The van der Waals surface area contributed by atoms with Gasteiger partial charge in [-0.05, 0) is 43.2 Å². The summed E-state index contributed by atoms with van der Waals surface area (Å²) in [5, 5.41) is 2.88. The highest BCUT2D eigenvalue weighted by atomic mass is 16.5. The molecule has 0 saturated heterocycles. The molecule has 1 N–H and O–H groups in total. The molecule has 0 aromatic heterocycles. The van der Waals surface area contributed by atoms with Crippen LogP contribution < -0.4 is 10.1 Å². The lowest BCUT2D eigenvalue weighted by molar-refractivity contribution is -0.120. The van der Waals surface area contributed by atoms with E-state index < -0.39 is 0 Å². The summed E-state index contributed by atoms with van der Waals surface area (Å²) in [5.41, 5.74) is 2.65. The number of Topliss-reactive ketones (excluding diaryl/α,β-unsaturated/α-hetero) is 1. The maximum atomic E-state index is 12.2. The van der Waals surface area contributed by atoms with Gasteiger partial charge < -0.3 is 10.1 Å². The number of amides is 1. The maximum Gasteiger partial charge on any atom is 0.251 e. The van der Waals surface area contributed by atoms with E-state index in [9.17, 15) is 9.59 Å². The van der Waals surface area contributed by atoms with Crippen molar-refractivity contribution in [1.29, 1.82) is 0 Å². The highest BCUT2D eigenvalue weighted by Gasteiger charge is 2.07. The van der Waals surface area contributed by atoms with E-state index in [4.69, 9.17) is 4.74 Å².